The van der Waals surface area contributed by atoms with Crippen molar-refractivity contribution in [2.75, 3.05) is 12.3 Å². The standard InChI is InChI=1S/2C23H26P.2C2H4O2/c2*1-5-24(21-15-9-6-12-18(21)2,22-16-10-7-13-19(22)3)23-17-11-8-14-20(23)4;2*1-2(3)4/h2*6-17H,5H2,1-4H3;2*1H3,(H,3,4)/q2*+1;;/p-2. The number of hydrogen-bond acceptors (Lipinski definition) is 4. The molecule has 6 heteroatoms. The van der Waals surface area contributed by atoms with Crippen molar-refractivity contribution in [2.45, 2.75) is 69.2 Å². The monoisotopic (exact) mass is 784 g/mol. The Hall–Kier alpha value is -4.88. The Morgan fingerprint density at radius 2 is 0.482 bits per heavy atom. The molecule has 6 rings (SSSR count). The molecule has 292 valence electrons. The average molecular weight is 785 g/mol. The molecule has 0 aromatic heterocycles. The Morgan fingerprint density at radius 3 is 0.589 bits per heavy atom. The fourth-order valence-corrected chi connectivity index (χ4v) is 17.5. The lowest BCUT2D eigenvalue weighted by molar-refractivity contribution is -0.303. The number of carbonyl (C=O) groups is 2. The minimum absolute atomic E-state index is 0.972. The van der Waals surface area contributed by atoms with Gasteiger partial charge in [-0.25, -0.2) is 0 Å². The van der Waals surface area contributed by atoms with Crippen molar-refractivity contribution in [1.82, 2.24) is 0 Å². The molecule has 0 spiro atoms. The molecule has 0 amide bonds. The summed E-state index contributed by atoms with van der Waals surface area (Å²) in [5, 5.41) is 26.9. The first-order valence-corrected chi connectivity index (χ1v) is 23.1. The summed E-state index contributed by atoms with van der Waals surface area (Å²) in [4.78, 5) is 17.8. The van der Waals surface area contributed by atoms with E-state index in [1.54, 1.807) is 0 Å². The van der Waals surface area contributed by atoms with Gasteiger partial charge in [0.2, 0.25) is 0 Å². The number of aliphatic carboxylic acids is 2. The molecule has 4 nitrogen and oxygen atoms in total. The van der Waals surface area contributed by atoms with Gasteiger partial charge >= 0.3 is 0 Å². The van der Waals surface area contributed by atoms with E-state index in [9.17, 15) is 0 Å². The van der Waals surface area contributed by atoms with Crippen molar-refractivity contribution in [2.24, 2.45) is 0 Å². The van der Waals surface area contributed by atoms with Crippen LogP contribution in [0.1, 0.15) is 61.1 Å². The van der Waals surface area contributed by atoms with Crippen LogP contribution in [0.5, 0.6) is 0 Å². The van der Waals surface area contributed by atoms with Crippen LogP contribution in [0.25, 0.3) is 0 Å². The predicted molar refractivity (Wildman–Crippen MR) is 241 cm³/mol. The van der Waals surface area contributed by atoms with Crippen LogP contribution in [0, 0.1) is 41.5 Å². The maximum absolute atomic E-state index is 8.89. The summed E-state index contributed by atoms with van der Waals surface area (Å²) in [7, 11) is -3.29. The molecule has 0 aliphatic rings. The van der Waals surface area contributed by atoms with Gasteiger partial charge in [0.1, 0.15) is 46.4 Å². The summed E-state index contributed by atoms with van der Waals surface area (Å²) in [6.07, 6.45) is 2.29. The van der Waals surface area contributed by atoms with Gasteiger partial charge in [0.25, 0.3) is 0 Å². The van der Waals surface area contributed by atoms with Crippen molar-refractivity contribution in [3.8, 4) is 0 Å². The number of hydrogen-bond donors (Lipinski definition) is 0. The predicted octanol–water partition coefficient (Wildman–Crippen LogP) is 7.36. The van der Waals surface area contributed by atoms with E-state index in [2.05, 4.69) is 201 Å². The average Bonchev–Trinajstić information content (AvgIpc) is 3.16. The van der Waals surface area contributed by atoms with E-state index >= 15 is 0 Å². The molecule has 0 heterocycles. The van der Waals surface area contributed by atoms with E-state index in [1.165, 1.54) is 65.2 Å². The highest BCUT2D eigenvalue weighted by Crippen LogP contribution is 2.58. The molecule has 0 radical (unpaired) electrons. The second kappa shape index (κ2) is 21.4. The number of aryl methyl sites for hydroxylation is 6. The fourth-order valence-electron chi connectivity index (χ4n) is 7.75. The lowest BCUT2D eigenvalue weighted by Gasteiger charge is -2.30. The van der Waals surface area contributed by atoms with E-state index in [-0.39, 0.29) is 0 Å². The Bertz CT molecular complexity index is 1820. The van der Waals surface area contributed by atoms with E-state index in [0.29, 0.717) is 0 Å². The van der Waals surface area contributed by atoms with Gasteiger partial charge in [0.15, 0.2) is 0 Å². The van der Waals surface area contributed by atoms with Gasteiger partial charge in [-0.05, 0) is 139 Å². The van der Waals surface area contributed by atoms with Gasteiger partial charge in [-0.3, -0.25) is 0 Å². The highest BCUT2D eigenvalue weighted by atomic mass is 31.2. The maximum atomic E-state index is 8.89. The molecular weight excluding hydrogens is 726 g/mol. The quantitative estimate of drug-likeness (QED) is 0.151. The van der Waals surface area contributed by atoms with E-state index in [1.807, 2.05) is 0 Å². The second-order valence-corrected chi connectivity index (χ2v) is 21.3. The van der Waals surface area contributed by atoms with Crippen LogP contribution in [0.3, 0.4) is 0 Å². The molecule has 0 unspecified atom stereocenters. The molecule has 0 aliphatic carbocycles. The van der Waals surface area contributed by atoms with Crippen LogP contribution in [-0.4, -0.2) is 24.3 Å². The number of carboxylic acids is 2. The van der Waals surface area contributed by atoms with E-state index in [0.717, 1.165) is 26.2 Å². The molecule has 0 atom stereocenters. The van der Waals surface area contributed by atoms with Gasteiger partial charge in [0.05, 0.1) is 12.3 Å². The first-order valence-electron chi connectivity index (χ1n) is 19.2. The summed E-state index contributed by atoms with van der Waals surface area (Å²) < 4.78 is 0. The molecule has 0 saturated carbocycles. The molecule has 0 fully saturated rings. The van der Waals surface area contributed by atoms with Crippen molar-refractivity contribution in [3.63, 3.8) is 0 Å². The Balaban J connectivity index is 0.000000252. The van der Waals surface area contributed by atoms with Gasteiger partial charge in [0, 0.05) is 11.9 Å². The highest BCUT2D eigenvalue weighted by Gasteiger charge is 2.47. The van der Waals surface area contributed by atoms with E-state index in [4.69, 9.17) is 19.8 Å². The second-order valence-electron chi connectivity index (χ2n) is 14.0. The summed E-state index contributed by atoms with van der Waals surface area (Å²) in [6.45, 7) is 20.2. The van der Waals surface area contributed by atoms with Crippen LogP contribution in [0.4, 0.5) is 0 Å². The first-order chi connectivity index (χ1) is 26.7. The van der Waals surface area contributed by atoms with Crippen molar-refractivity contribution >= 4 is 58.3 Å². The summed E-state index contributed by atoms with van der Waals surface area (Å²) in [5.74, 6) is -2.17. The third-order valence-corrected chi connectivity index (χ3v) is 20.0. The van der Waals surface area contributed by atoms with Crippen LogP contribution in [0.15, 0.2) is 146 Å². The Labute approximate surface area is 337 Å². The Morgan fingerprint density at radius 1 is 0.357 bits per heavy atom. The highest BCUT2D eigenvalue weighted by molar-refractivity contribution is 7.96. The molecular formula is C50H58O4P2. The van der Waals surface area contributed by atoms with Gasteiger partial charge in [-0.15, -0.1) is 0 Å². The summed E-state index contributed by atoms with van der Waals surface area (Å²) in [5.41, 5.74) is 8.41. The molecule has 56 heavy (non-hydrogen) atoms. The third-order valence-electron chi connectivity index (χ3n) is 10.1. The van der Waals surface area contributed by atoms with Gasteiger partial charge in [-0.1, -0.05) is 109 Å². The van der Waals surface area contributed by atoms with Crippen LogP contribution < -0.4 is 42.0 Å². The fraction of sp³-hybridized carbons (Fsp3) is 0.240. The molecule has 0 saturated heterocycles. The molecule has 6 aromatic carbocycles. The third kappa shape index (κ3) is 10.7. The lowest BCUT2D eigenvalue weighted by atomic mass is 10.2. The first kappa shape index (κ1) is 45.5. The lowest BCUT2D eigenvalue weighted by Crippen LogP contribution is -2.36. The van der Waals surface area contributed by atoms with Crippen molar-refractivity contribution in [1.29, 1.82) is 0 Å². The Kier molecular flexibility index (Phi) is 17.4. The molecule has 0 aliphatic heterocycles. The minimum atomic E-state index is -1.65. The molecule has 0 bridgehead atoms. The zero-order valence-electron chi connectivity index (χ0n) is 34.8. The topological polar surface area (TPSA) is 80.3 Å². The van der Waals surface area contributed by atoms with Crippen LogP contribution in [0.2, 0.25) is 0 Å². The summed E-state index contributed by atoms with van der Waals surface area (Å²) in [6, 6.07) is 53.8. The number of benzene rings is 6. The largest absolute Gasteiger partial charge is 0.550 e. The maximum Gasteiger partial charge on any atom is 0.112 e. The van der Waals surface area contributed by atoms with Crippen molar-refractivity contribution in [3.05, 3.63) is 179 Å². The number of rotatable bonds is 8. The molecule has 6 aromatic rings. The summed E-state index contributed by atoms with van der Waals surface area (Å²) >= 11 is 0. The number of carbonyl (C=O) groups excluding carboxylic acids is 2. The molecule has 0 N–H and O–H groups in total. The van der Waals surface area contributed by atoms with Crippen LogP contribution >= 0.6 is 14.5 Å². The smallest absolute Gasteiger partial charge is 0.112 e. The number of carboxylic acid groups (broad SMARTS) is 2. The SMILES string of the molecule is CC(=O)[O-].CC(=O)[O-].CC[P+](c1ccccc1C)(c1ccccc1C)c1ccccc1C.CC[P+](c1ccccc1C)(c1ccccc1C)c1ccccc1C. The van der Waals surface area contributed by atoms with Crippen LogP contribution in [-0.2, 0) is 9.59 Å². The van der Waals surface area contributed by atoms with Crippen molar-refractivity contribution < 1.29 is 19.8 Å². The van der Waals surface area contributed by atoms with Gasteiger partial charge in [-0.2, -0.15) is 0 Å². The zero-order chi connectivity index (χ0) is 41.5. The minimum Gasteiger partial charge on any atom is -0.550 e. The van der Waals surface area contributed by atoms with Gasteiger partial charge < -0.3 is 19.8 Å². The van der Waals surface area contributed by atoms with E-state index < -0.39 is 26.5 Å². The zero-order valence-corrected chi connectivity index (χ0v) is 36.6. The normalized spacial score (nSPS) is 10.8.